The SMILES string of the molecule is CCN1CC(=Cc2ccc(C)s2)c2nc3ccccc3c(C(=O)O)c2C1. The molecule has 0 radical (unpaired) electrons. The Labute approximate surface area is 156 Å². The third kappa shape index (κ3) is 2.93. The van der Waals surface area contributed by atoms with Gasteiger partial charge >= 0.3 is 5.97 Å². The number of aryl methyl sites for hydroxylation is 1. The average molecular weight is 364 g/mol. The average Bonchev–Trinajstić information content (AvgIpc) is 3.04. The number of aromatic carboxylic acids is 1. The topological polar surface area (TPSA) is 53.4 Å². The molecule has 0 fully saturated rings. The molecule has 1 aliphatic heterocycles. The van der Waals surface area contributed by atoms with Crippen LogP contribution >= 0.6 is 11.3 Å². The lowest BCUT2D eigenvalue weighted by Crippen LogP contribution is -2.31. The zero-order chi connectivity index (χ0) is 18.3. The normalized spacial score (nSPS) is 16.2. The van der Waals surface area contributed by atoms with Crippen molar-refractivity contribution in [2.45, 2.75) is 20.4 Å². The first-order chi connectivity index (χ1) is 12.6. The number of aromatic nitrogens is 1. The quantitative estimate of drug-likeness (QED) is 0.733. The van der Waals surface area contributed by atoms with E-state index in [-0.39, 0.29) is 0 Å². The van der Waals surface area contributed by atoms with E-state index in [0.29, 0.717) is 17.5 Å². The van der Waals surface area contributed by atoms with Crippen LogP contribution in [0.1, 0.15) is 38.3 Å². The van der Waals surface area contributed by atoms with Crippen LogP contribution < -0.4 is 0 Å². The lowest BCUT2D eigenvalue weighted by Gasteiger charge is -2.30. The zero-order valence-electron chi connectivity index (χ0n) is 14.8. The van der Waals surface area contributed by atoms with E-state index in [0.717, 1.165) is 35.4 Å². The van der Waals surface area contributed by atoms with Crippen LogP contribution in [0, 0.1) is 6.92 Å². The molecule has 2 aromatic heterocycles. The number of benzene rings is 1. The lowest BCUT2D eigenvalue weighted by atomic mass is 9.92. The molecule has 4 nitrogen and oxygen atoms in total. The van der Waals surface area contributed by atoms with Gasteiger partial charge in [0.25, 0.3) is 0 Å². The Morgan fingerprint density at radius 1 is 1.27 bits per heavy atom. The van der Waals surface area contributed by atoms with Crippen molar-refractivity contribution in [3.8, 4) is 0 Å². The van der Waals surface area contributed by atoms with E-state index < -0.39 is 5.97 Å². The number of nitrogens with zero attached hydrogens (tertiary/aromatic N) is 2. The lowest BCUT2D eigenvalue weighted by molar-refractivity contribution is 0.0696. The number of carboxylic acids is 1. The molecular weight excluding hydrogens is 344 g/mol. The number of hydrogen-bond donors (Lipinski definition) is 1. The van der Waals surface area contributed by atoms with Gasteiger partial charge in [0.15, 0.2) is 0 Å². The molecule has 0 saturated carbocycles. The summed E-state index contributed by atoms with van der Waals surface area (Å²) in [4.78, 5) is 21.6. The van der Waals surface area contributed by atoms with E-state index in [1.807, 2.05) is 24.3 Å². The first-order valence-electron chi connectivity index (χ1n) is 8.71. The van der Waals surface area contributed by atoms with Crippen LogP contribution in [-0.4, -0.2) is 34.0 Å². The number of rotatable bonds is 3. The molecule has 0 bridgehead atoms. The van der Waals surface area contributed by atoms with E-state index in [1.54, 1.807) is 11.3 Å². The summed E-state index contributed by atoms with van der Waals surface area (Å²) >= 11 is 1.74. The Kier molecular flexibility index (Phi) is 4.34. The van der Waals surface area contributed by atoms with E-state index in [4.69, 9.17) is 4.98 Å². The third-order valence-electron chi connectivity index (χ3n) is 4.81. The third-order valence-corrected chi connectivity index (χ3v) is 5.76. The summed E-state index contributed by atoms with van der Waals surface area (Å²) in [6.45, 7) is 6.46. The minimum absolute atomic E-state index is 0.386. The Morgan fingerprint density at radius 3 is 2.77 bits per heavy atom. The Bertz CT molecular complexity index is 1040. The molecule has 1 aromatic carbocycles. The number of hydrogen-bond acceptors (Lipinski definition) is 4. The van der Waals surface area contributed by atoms with E-state index >= 15 is 0 Å². The van der Waals surface area contributed by atoms with Gasteiger partial charge in [-0.05, 0) is 43.3 Å². The maximum Gasteiger partial charge on any atom is 0.336 e. The number of para-hydroxylation sites is 1. The molecule has 0 amide bonds. The highest BCUT2D eigenvalue weighted by Gasteiger charge is 2.27. The van der Waals surface area contributed by atoms with Crippen molar-refractivity contribution in [3.05, 3.63) is 63.0 Å². The van der Waals surface area contributed by atoms with Crippen LogP contribution in [-0.2, 0) is 6.54 Å². The number of carbonyl (C=O) groups is 1. The second-order valence-electron chi connectivity index (χ2n) is 6.56. The molecule has 3 heterocycles. The molecule has 0 saturated heterocycles. The summed E-state index contributed by atoms with van der Waals surface area (Å²) in [5, 5.41) is 10.6. The highest BCUT2D eigenvalue weighted by Crippen LogP contribution is 2.34. The zero-order valence-corrected chi connectivity index (χ0v) is 15.6. The Hall–Kier alpha value is -2.50. The number of fused-ring (bicyclic) bond motifs is 2. The van der Waals surface area contributed by atoms with Crippen LogP contribution in [0.3, 0.4) is 0 Å². The molecule has 1 N–H and O–H groups in total. The second-order valence-corrected chi connectivity index (χ2v) is 7.88. The van der Waals surface area contributed by atoms with Gasteiger partial charge in [0.1, 0.15) is 0 Å². The fraction of sp³-hybridized carbons (Fsp3) is 0.238. The first-order valence-corrected chi connectivity index (χ1v) is 9.53. The van der Waals surface area contributed by atoms with E-state index in [1.165, 1.54) is 9.75 Å². The maximum absolute atomic E-state index is 12.1. The van der Waals surface area contributed by atoms with Crippen molar-refractivity contribution < 1.29 is 9.90 Å². The first kappa shape index (κ1) is 16.9. The van der Waals surface area contributed by atoms with Crippen molar-refractivity contribution in [1.29, 1.82) is 0 Å². The molecule has 0 atom stereocenters. The van der Waals surface area contributed by atoms with Gasteiger partial charge < -0.3 is 5.11 Å². The van der Waals surface area contributed by atoms with Crippen LogP contribution in [0.4, 0.5) is 0 Å². The number of pyridine rings is 1. The molecule has 1 aliphatic rings. The van der Waals surface area contributed by atoms with Gasteiger partial charge in [0.2, 0.25) is 0 Å². The Morgan fingerprint density at radius 2 is 2.08 bits per heavy atom. The fourth-order valence-corrected chi connectivity index (χ4v) is 4.40. The van der Waals surface area contributed by atoms with Gasteiger partial charge in [-0.2, -0.15) is 0 Å². The van der Waals surface area contributed by atoms with Crippen molar-refractivity contribution in [3.63, 3.8) is 0 Å². The second kappa shape index (κ2) is 6.67. The van der Waals surface area contributed by atoms with Crippen LogP contribution in [0.2, 0.25) is 0 Å². The molecule has 132 valence electrons. The van der Waals surface area contributed by atoms with E-state index in [2.05, 4.69) is 37.0 Å². The highest BCUT2D eigenvalue weighted by molar-refractivity contribution is 7.12. The molecule has 0 aliphatic carbocycles. The maximum atomic E-state index is 12.1. The summed E-state index contributed by atoms with van der Waals surface area (Å²) in [5.41, 5.74) is 3.86. The minimum Gasteiger partial charge on any atom is -0.478 e. The van der Waals surface area contributed by atoms with Crippen molar-refractivity contribution in [2.24, 2.45) is 0 Å². The van der Waals surface area contributed by atoms with E-state index in [9.17, 15) is 9.90 Å². The summed E-state index contributed by atoms with van der Waals surface area (Å²) in [6, 6.07) is 11.7. The molecule has 3 aromatic rings. The van der Waals surface area contributed by atoms with Gasteiger partial charge in [0, 0.05) is 33.8 Å². The largest absolute Gasteiger partial charge is 0.478 e. The Balaban J connectivity index is 1.99. The van der Waals surface area contributed by atoms with Crippen LogP contribution in [0.25, 0.3) is 22.6 Å². The molecule has 5 heteroatoms. The van der Waals surface area contributed by atoms with Gasteiger partial charge in [0.05, 0.1) is 16.8 Å². The van der Waals surface area contributed by atoms with Gasteiger partial charge in [-0.1, -0.05) is 25.1 Å². The number of thiophene rings is 1. The fourth-order valence-electron chi connectivity index (χ4n) is 3.55. The molecule has 0 spiro atoms. The highest BCUT2D eigenvalue weighted by atomic mass is 32.1. The van der Waals surface area contributed by atoms with Crippen LogP contribution in [0.5, 0.6) is 0 Å². The number of likely N-dealkylation sites (N-methyl/N-ethyl adjacent to an activating group) is 1. The molecule has 0 unspecified atom stereocenters. The van der Waals surface area contributed by atoms with Gasteiger partial charge in [-0.3, -0.25) is 4.90 Å². The van der Waals surface area contributed by atoms with Crippen molar-refractivity contribution in [1.82, 2.24) is 9.88 Å². The predicted molar refractivity (Wildman–Crippen MR) is 107 cm³/mol. The summed E-state index contributed by atoms with van der Waals surface area (Å²) in [6.07, 6.45) is 2.16. The minimum atomic E-state index is -0.885. The van der Waals surface area contributed by atoms with Gasteiger partial charge in [-0.15, -0.1) is 11.3 Å². The monoisotopic (exact) mass is 364 g/mol. The van der Waals surface area contributed by atoms with Crippen LogP contribution in [0.15, 0.2) is 36.4 Å². The molecule has 26 heavy (non-hydrogen) atoms. The molecular formula is C21H20N2O2S. The molecule has 4 rings (SSSR count). The predicted octanol–water partition coefficient (Wildman–Crippen LogP) is 4.68. The summed E-state index contributed by atoms with van der Waals surface area (Å²) in [7, 11) is 0. The summed E-state index contributed by atoms with van der Waals surface area (Å²) < 4.78 is 0. The van der Waals surface area contributed by atoms with Crippen molar-refractivity contribution >= 4 is 39.9 Å². The standard InChI is InChI=1S/C21H20N2O2S/c1-3-23-11-14(10-15-9-8-13(2)26-15)20-17(12-23)19(21(24)25)16-6-4-5-7-18(16)22-20/h4-10H,3,11-12H2,1-2H3,(H,24,25). The smallest absolute Gasteiger partial charge is 0.336 e. The number of carboxylic acid groups (broad SMARTS) is 1. The van der Waals surface area contributed by atoms with Gasteiger partial charge in [-0.25, -0.2) is 9.78 Å². The summed E-state index contributed by atoms with van der Waals surface area (Å²) in [5.74, 6) is -0.885. The van der Waals surface area contributed by atoms with Crippen molar-refractivity contribution in [2.75, 3.05) is 13.1 Å².